The summed E-state index contributed by atoms with van der Waals surface area (Å²) in [6, 6.07) is 13.8. The van der Waals surface area contributed by atoms with Crippen molar-refractivity contribution in [3.8, 4) is 0 Å². The largest absolute Gasteiger partial charge is 0.450 e. The number of hydrogen-bond donors (Lipinski definition) is 0. The lowest BCUT2D eigenvalue weighted by Gasteiger charge is -2.24. The molecule has 5 nitrogen and oxygen atoms in total. The Balaban J connectivity index is 1.81. The second-order valence-electron chi connectivity index (χ2n) is 7.50. The van der Waals surface area contributed by atoms with Crippen LogP contribution in [0.15, 0.2) is 70.0 Å². The lowest BCUT2D eigenvalue weighted by molar-refractivity contribution is 0.0970. The van der Waals surface area contributed by atoms with Gasteiger partial charge in [0.15, 0.2) is 5.43 Å². The zero-order valence-corrected chi connectivity index (χ0v) is 16.3. The second kappa shape index (κ2) is 6.62. The van der Waals surface area contributed by atoms with Crippen LogP contribution in [0.2, 0.25) is 0 Å². The predicted molar refractivity (Wildman–Crippen MR) is 111 cm³/mol. The van der Waals surface area contributed by atoms with Gasteiger partial charge in [0, 0.05) is 6.20 Å². The van der Waals surface area contributed by atoms with Gasteiger partial charge in [0.05, 0.1) is 17.0 Å². The van der Waals surface area contributed by atoms with Crippen LogP contribution in [0.25, 0.3) is 11.0 Å². The summed E-state index contributed by atoms with van der Waals surface area (Å²) in [5.74, 6) is -0.459. The normalized spacial score (nSPS) is 15.6. The van der Waals surface area contributed by atoms with Crippen molar-refractivity contribution in [3.63, 3.8) is 0 Å². The van der Waals surface area contributed by atoms with Gasteiger partial charge < -0.3 is 4.42 Å². The zero-order chi connectivity index (χ0) is 21.0. The number of nitrogens with zero attached hydrogens (tertiary/aromatic N) is 2. The molecule has 6 heteroatoms. The van der Waals surface area contributed by atoms with E-state index < -0.39 is 17.8 Å². The first-order valence-corrected chi connectivity index (χ1v) is 9.53. The first-order valence-electron chi connectivity index (χ1n) is 9.53. The van der Waals surface area contributed by atoms with Crippen LogP contribution in [0.4, 0.5) is 10.2 Å². The van der Waals surface area contributed by atoms with Crippen molar-refractivity contribution in [2.24, 2.45) is 0 Å². The Hall–Kier alpha value is -3.80. The van der Waals surface area contributed by atoms with Crippen molar-refractivity contribution in [2.75, 3.05) is 4.90 Å². The molecule has 4 aromatic rings. The monoisotopic (exact) mass is 400 g/mol. The molecule has 1 aliphatic heterocycles. The van der Waals surface area contributed by atoms with E-state index in [-0.39, 0.29) is 16.8 Å². The fraction of sp³-hybridized carbons (Fsp3) is 0.125. The lowest BCUT2D eigenvalue weighted by atomic mass is 9.98. The van der Waals surface area contributed by atoms with Crippen molar-refractivity contribution in [1.82, 2.24) is 4.98 Å². The van der Waals surface area contributed by atoms with E-state index in [1.54, 1.807) is 36.5 Å². The fourth-order valence-corrected chi connectivity index (χ4v) is 3.89. The molecule has 30 heavy (non-hydrogen) atoms. The van der Waals surface area contributed by atoms with E-state index in [9.17, 15) is 14.0 Å². The minimum Gasteiger partial charge on any atom is -0.450 e. The predicted octanol–water partition coefficient (Wildman–Crippen LogP) is 4.69. The van der Waals surface area contributed by atoms with Crippen LogP contribution >= 0.6 is 0 Å². The van der Waals surface area contributed by atoms with E-state index in [0.29, 0.717) is 22.4 Å². The molecule has 0 fully saturated rings. The van der Waals surface area contributed by atoms with Crippen molar-refractivity contribution in [1.29, 1.82) is 0 Å². The maximum atomic E-state index is 13.6. The average molecular weight is 400 g/mol. The second-order valence-corrected chi connectivity index (χ2v) is 7.50. The van der Waals surface area contributed by atoms with E-state index in [1.807, 2.05) is 26.0 Å². The summed E-state index contributed by atoms with van der Waals surface area (Å²) < 4.78 is 19.5. The summed E-state index contributed by atoms with van der Waals surface area (Å²) in [4.78, 5) is 32.7. The van der Waals surface area contributed by atoms with Crippen LogP contribution in [-0.4, -0.2) is 10.9 Å². The molecule has 1 amide bonds. The van der Waals surface area contributed by atoms with Crippen LogP contribution < -0.4 is 10.3 Å². The third-order valence-electron chi connectivity index (χ3n) is 5.35. The van der Waals surface area contributed by atoms with Crippen LogP contribution in [0.5, 0.6) is 0 Å². The number of amides is 1. The summed E-state index contributed by atoms with van der Waals surface area (Å²) >= 11 is 0. The van der Waals surface area contributed by atoms with E-state index >= 15 is 0 Å². The Morgan fingerprint density at radius 2 is 1.70 bits per heavy atom. The van der Waals surface area contributed by atoms with Gasteiger partial charge in [-0.05, 0) is 55.3 Å². The summed E-state index contributed by atoms with van der Waals surface area (Å²) in [6.45, 7) is 3.78. The first-order chi connectivity index (χ1) is 14.4. The van der Waals surface area contributed by atoms with Crippen LogP contribution in [0.1, 0.15) is 38.9 Å². The number of rotatable bonds is 2. The molecular weight excluding hydrogens is 383 g/mol. The zero-order valence-electron chi connectivity index (χ0n) is 16.3. The third kappa shape index (κ3) is 2.72. The molecule has 1 atom stereocenters. The molecule has 0 saturated carbocycles. The Labute approximate surface area is 171 Å². The Morgan fingerprint density at radius 1 is 0.967 bits per heavy atom. The number of benzene rings is 2. The molecule has 0 radical (unpaired) electrons. The Morgan fingerprint density at radius 3 is 2.40 bits per heavy atom. The number of hydrogen-bond acceptors (Lipinski definition) is 4. The quantitative estimate of drug-likeness (QED) is 0.490. The molecular formula is C24H17FN2O3. The highest BCUT2D eigenvalue weighted by molar-refractivity contribution is 6.10. The van der Waals surface area contributed by atoms with E-state index in [2.05, 4.69) is 4.98 Å². The Kier molecular flexibility index (Phi) is 4.03. The molecule has 1 unspecified atom stereocenters. The molecule has 148 valence electrons. The fourth-order valence-electron chi connectivity index (χ4n) is 3.89. The van der Waals surface area contributed by atoms with Crippen molar-refractivity contribution < 1.29 is 13.6 Å². The van der Waals surface area contributed by atoms with Crippen LogP contribution in [0, 0.1) is 19.7 Å². The molecule has 2 aromatic heterocycles. The van der Waals surface area contributed by atoms with Gasteiger partial charge in [0.1, 0.15) is 17.2 Å². The van der Waals surface area contributed by atoms with Gasteiger partial charge in [-0.2, -0.15) is 0 Å². The molecule has 0 saturated heterocycles. The topological polar surface area (TPSA) is 63.4 Å². The number of anilines is 1. The highest BCUT2D eigenvalue weighted by atomic mass is 19.1. The lowest BCUT2D eigenvalue weighted by Crippen LogP contribution is -2.30. The number of fused-ring (bicyclic) bond motifs is 2. The van der Waals surface area contributed by atoms with Gasteiger partial charge in [-0.15, -0.1) is 0 Å². The summed E-state index contributed by atoms with van der Waals surface area (Å²) in [5.41, 5.74) is 2.78. The Bertz CT molecular complexity index is 1360. The molecule has 0 bridgehead atoms. The smallest absolute Gasteiger partial charge is 0.296 e. The number of aryl methyl sites for hydroxylation is 2. The van der Waals surface area contributed by atoms with Crippen molar-refractivity contribution >= 4 is 22.7 Å². The highest BCUT2D eigenvalue weighted by Gasteiger charge is 2.44. The molecule has 2 aromatic carbocycles. The number of pyridine rings is 1. The molecule has 3 heterocycles. The summed E-state index contributed by atoms with van der Waals surface area (Å²) in [5, 5.41) is 0.410. The van der Waals surface area contributed by atoms with E-state index in [0.717, 1.165) is 11.1 Å². The molecule has 0 N–H and O–H groups in total. The summed E-state index contributed by atoms with van der Waals surface area (Å²) in [7, 11) is 0. The number of aromatic nitrogens is 1. The minimum absolute atomic E-state index is 0.00643. The van der Waals surface area contributed by atoms with Gasteiger partial charge in [0.2, 0.25) is 5.76 Å². The minimum atomic E-state index is -0.760. The van der Waals surface area contributed by atoms with Gasteiger partial charge in [0.25, 0.3) is 5.91 Å². The van der Waals surface area contributed by atoms with Crippen molar-refractivity contribution in [3.05, 3.63) is 105 Å². The van der Waals surface area contributed by atoms with Gasteiger partial charge in [-0.25, -0.2) is 9.37 Å². The standard InChI is InChI=1S/C24H17FN2O3/c1-13-3-9-18-17(11-13)22(28)20-21(15-5-7-16(25)8-6-15)27(24(29)23(20)30-18)19-10-4-14(2)12-26-19/h3-12,21H,1-2H3. The van der Waals surface area contributed by atoms with Crippen molar-refractivity contribution in [2.45, 2.75) is 19.9 Å². The number of halogens is 1. The average Bonchev–Trinajstić information content (AvgIpc) is 3.03. The molecule has 0 spiro atoms. The first kappa shape index (κ1) is 18.2. The van der Waals surface area contributed by atoms with Crippen LogP contribution in [0.3, 0.4) is 0 Å². The third-order valence-corrected chi connectivity index (χ3v) is 5.35. The summed E-state index contributed by atoms with van der Waals surface area (Å²) in [6.07, 6.45) is 1.66. The maximum absolute atomic E-state index is 13.6. The van der Waals surface area contributed by atoms with Gasteiger partial charge in [-0.3, -0.25) is 14.5 Å². The van der Waals surface area contributed by atoms with Crippen LogP contribution in [-0.2, 0) is 0 Å². The molecule has 1 aliphatic rings. The SMILES string of the molecule is Cc1ccc(N2C(=O)c3oc4ccc(C)cc4c(=O)c3C2c2ccc(F)cc2)nc1. The molecule has 0 aliphatic carbocycles. The van der Waals surface area contributed by atoms with E-state index in [1.165, 1.54) is 17.0 Å². The molecule has 5 rings (SSSR count). The number of carbonyl (C=O) groups excluding carboxylic acids is 1. The van der Waals surface area contributed by atoms with E-state index in [4.69, 9.17) is 4.42 Å². The van der Waals surface area contributed by atoms with Gasteiger partial charge >= 0.3 is 0 Å². The highest BCUT2D eigenvalue weighted by Crippen LogP contribution is 2.40. The maximum Gasteiger partial charge on any atom is 0.296 e. The number of carbonyl (C=O) groups is 1. The van der Waals surface area contributed by atoms with Gasteiger partial charge in [-0.1, -0.05) is 29.8 Å².